The number of halogens is 2. The molecule has 0 radical (unpaired) electrons. The molecule has 0 spiro atoms. The number of carbonyl (C=O) groups is 1. The highest BCUT2D eigenvalue weighted by atomic mass is 79.9. The van der Waals surface area contributed by atoms with Crippen molar-refractivity contribution in [2.45, 2.75) is 20.0 Å². The maximum Gasteiger partial charge on any atom is 0.271 e. The first-order valence-electron chi connectivity index (χ1n) is 7.01. The Morgan fingerprint density at radius 2 is 1.96 bits per heavy atom. The van der Waals surface area contributed by atoms with Crippen molar-refractivity contribution < 1.29 is 13.9 Å². The zero-order chi connectivity index (χ0) is 16.8. The van der Waals surface area contributed by atoms with E-state index in [1.54, 1.807) is 0 Å². The van der Waals surface area contributed by atoms with Crippen molar-refractivity contribution in [2.75, 3.05) is 0 Å². The van der Waals surface area contributed by atoms with E-state index in [0.717, 1.165) is 10.0 Å². The zero-order valence-electron chi connectivity index (χ0n) is 12.7. The Morgan fingerprint density at radius 3 is 2.61 bits per heavy atom. The van der Waals surface area contributed by atoms with Gasteiger partial charge in [-0.2, -0.15) is 5.10 Å². The molecule has 2 aromatic carbocycles. The van der Waals surface area contributed by atoms with Gasteiger partial charge in [0.25, 0.3) is 5.91 Å². The van der Waals surface area contributed by atoms with Gasteiger partial charge in [0.15, 0.2) is 0 Å². The van der Waals surface area contributed by atoms with Crippen LogP contribution in [0.1, 0.15) is 29.8 Å². The number of hydrogen-bond acceptors (Lipinski definition) is 3. The van der Waals surface area contributed by atoms with Crippen LogP contribution >= 0.6 is 15.9 Å². The molecule has 6 heteroatoms. The molecule has 0 heterocycles. The van der Waals surface area contributed by atoms with Crippen LogP contribution in [-0.2, 0) is 0 Å². The average Bonchev–Trinajstić information content (AvgIpc) is 2.50. The molecule has 0 saturated carbocycles. The van der Waals surface area contributed by atoms with Gasteiger partial charge >= 0.3 is 0 Å². The molecule has 23 heavy (non-hydrogen) atoms. The Morgan fingerprint density at radius 1 is 1.26 bits per heavy atom. The Bertz CT molecular complexity index is 715. The van der Waals surface area contributed by atoms with E-state index in [2.05, 4.69) is 26.5 Å². The fourth-order valence-electron chi connectivity index (χ4n) is 1.81. The molecule has 0 fully saturated rings. The minimum atomic E-state index is -0.414. The van der Waals surface area contributed by atoms with Crippen LogP contribution < -0.4 is 10.2 Å². The summed E-state index contributed by atoms with van der Waals surface area (Å²) in [5.74, 6) is -0.139. The Balaban J connectivity index is 2.09. The summed E-state index contributed by atoms with van der Waals surface area (Å²) in [4.78, 5) is 11.9. The van der Waals surface area contributed by atoms with Crippen molar-refractivity contribution in [3.63, 3.8) is 0 Å². The number of amides is 1. The van der Waals surface area contributed by atoms with Crippen molar-refractivity contribution in [2.24, 2.45) is 5.10 Å². The average molecular weight is 379 g/mol. The number of benzene rings is 2. The topological polar surface area (TPSA) is 50.7 Å². The molecule has 2 aromatic rings. The van der Waals surface area contributed by atoms with E-state index in [4.69, 9.17) is 4.74 Å². The zero-order valence-corrected chi connectivity index (χ0v) is 14.3. The summed E-state index contributed by atoms with van der Waals surface area (Å²) in [5, 5.41) is 3.93. The molecule has 0 saturated heterocycles. The van der Waals surface area contributed by atoms with E-state index in [-0.39, 0.29) is 6.10 Å². The highest BCUT2D eigenvalue weighted by Crippen LogP contribution is 2.22. The van der Waals surface area contributed by atoms with Gasteiger partial charge in [0, 0.05) is 15.6 Å². The van der Waals surface area contributed by atoms with E-state index >= 15 is 0 Å². The summed E-state index contributed by atoms with van der Waals surface area (Å²) in [7, 11) is 0. The quantitative estimate of drug-likeness (QED) is 0.627. The third-order valence-corrected chi connectivity index (χ3v) is 3.30. The summed E-state index contributed by atoms with van der Waals surface area (Å²) in [6.45, 7) is 3.86. The molecule has 0 aliphatic rings. The lowest BCUT2D eigenvalue weighted by atomic mass is 10.2. The molecule has 0 aliphatic heterocycles. The van der Waals surface area contributed by atoms with Crippen LogP contribution in [0.4, 0.5) is 4.39 Å². The summed E-state index contributed by atoms with van der Waals surface area (Å²) >= 11 is 3.39. The van der Waals surface area contributed by atoms with Crippen LogP contribution in [0.15, 0.2) is 52.0 Å². The van der Waals surface area contributed by atoms with Gasteiger partial charge in [0.2, 0.25) is 0 Å². The smallest absolute Gasteiger partial charge is 0.271 e. The first-order valence-corrected chi connectivity index (χ1v) is 7.80. The maximum atomic E-state index is 12.8. The standard InChI is InChI=1S/C17H16BrFN2O2/c1-11(2)23-16-8-5-14(18)9-13(16)10-20-21-17(22)12-3-6-15(19)7-4-12/h3-11H,1-2H3,(H,21,22)/b20-10-. The van der Waals surface area contributed by atoms with Crippen LogP contribution in [-0.4, -0.2) is 18.2 Å². The highest BCUT2D eigenvalue weighted by Gasteiger charge is 2.06. The summed E-state index contributed by atoms with van der Waals surface area (Å²) in [6, 6.07) is 10.8. The maximum absolute atomic E-state index is 12.8. The number of hydrogen-bond donors (Lipinski definition) is 1. The van der Waals surface area contributed by atoms with Crippen LogP contribution in [0, 0.1) is 5.82 Å². The SMILES string of the molecule is CC(C)Oc1ccc(Br)cc1/C=N\NC(=O)c1ccc(F)cc1. The fourth-order valence-corrected chi connectivity index (χ4v) is 2.19. The monoisotopic (exact) mass is 378 g/mol. The third-order valence-electron chi connectivity index (χ3n) is 2.81. The largest absolute Gasteiger partial charge is 0.490 e. The van der Waals surface area contributed by atoms with Crippen LogP contribution in [0.2, 0.25) is 0 Å². The van der Waals surface area contributed by atoms with Gasteiger partial charge in [-0.25, -0.2) is 9.82 Å². The molecule has 0 aliphatic carbocycles. The lowest BCUT2D eigenvalue weighted by Crippen LogP contribution is -2.17. The molecular weight excluding hydrogens is 363 g/mol. The van der Waals surface area contributed by atoms with E-state index in [1.807, 2.05) is 32.0 Å². The van der Waals surface area contributed by atoms with Crippen LogP contribution in [0.5, 0.6) is 5.75 Å². The molecule has 1 amide bonds. The predicted molar refractivity (Wildman–Crippen MR) is 91.4 cm³/mol. The van der Waals surface area contributed by atoms with Crippen molar-refractivity contribution >= 4 is 28.1 Å². The summed E-state index contributed by atoms with van der Waals surface area (Å²) in [5.41, 5.74) is 3.46. The number of carbonyl (C=O) groups excluding carboxylic acids is 1. The number of hydrazone groups is 1. The van der Waals surface area contributed by atoms with Gasteiger partial charge < -0.3 is 4.74 Å². The van der Waals surface area contributed by atoms with Crippen molar-refractivity contribution in [3.8, 4) is 5.75 Å². The second-order valence-electron chi connectivity index (χ2n) is 5.05. The minimum absolute atomic E-state index is 0.0251. The number of ether oxygens (including phenoxy) is 1. The molecule has 4 nitrogen and oxygen atoms in total. The molecule has 0 unspecified atom stereocenters. The summed E-state index contributed by atoms with van der Waals surface area (Å²) in [6.07, 6.45) is 1.53. The van der Waals surface area contributed by atoms with Gasteiger partial charge in [0.1, 0.15) is 11.6 Å². The van der Waals surface area contributed by atoms with E-state index in [0.29, 0.717) is 11.3 Å². The molecule has 0 bridgehead atoms. The second-order valence-corrected chi connectivity index (χ2v) is 5.97. The number of nitrogens with one attached hydrogen (secondary N) is 1. The molecule has 2 rings (SSSR count). The molecule has 0 aromatic heterocycles. The molecule has 1 N–H and O–H groups in total. The Hall–Kier alpha value is -2.21. The van der Waals surface area contributed by atoms with Gasteiger partial charge in [-0.05, 0) is 56.3 Å². The number of nitrogens with zero attached hydrogens (tertiary/aromatic N) is 1. The van der Waals surface area contributed by atoms with E-state index in [1.165, 1.54) is 30.5 Å². The Labute approximate surface area is 142 Å². The fraction of sp³-hybridized carbons (Fsp3) is 0.176. The molecule has 0 atom stereocenters. The lowest BCUT2D eigenvalue weighted by molar-refractivity contribution is 0.0955. The van der Waals surface area contributed by atoms with Crippen molar-refractivity contribution in [1.29, 1.82) is 0 Å². The van der Waals surface area contributed by atoms with E-state index < -0.39 is 11.7 Å². The van der Waals surface area contributed by atoms with Crippen molar-refractivity contribution in [3.05, 3.63) is 63.9 Å². The highest BCUT2D eigenvalue weighted by molar-refractivity contribution is 9.10. The normalized spacial score (nSPS) is 11.0. The van der Waals surface area contributed by atoms with Crippen molar-refractivity contribution in [1.82, 2.24) is 5.43 Å². The Kier molecular flexibility index (Phi) is 5.87. The number of rotatable bonds is 5. The van der Waals surface area contributed by atoms with Crippen LogP contribution in [0.3, 0.4) is 0 Å². The third kappa shape index (κ3) is 5.17. The summed E-state index contributed by atoms with van der Waals surface area (Å²) < 4.78 is 19.4. The van der Waals surface area contributed by atoms with Gasteiger partial charge in [0.05, 0.1) is 12.3 Å². The molecule has 120 valence electrons. The lowest BCUT2D eigenvalue weighted by Gasteiger charge is -2.12. The first-order chi connectivity index (χ1) is 11.0. The second kappa shape index (κ2) is 7.87. The van der Waals surface area contributed by atoms with Gasteiger partial charge in [-0.3, -0.25) is 4.79 Å². The van der Waals surface area contributed by atoms with Crippen LogP contribution in [0.25, 0.3) is 0 Å². The van der Waals surface area contributed by atoms with Gasteiger partial charge in [-0.15, -0.1) is 0 Å². The first kappa shape index (κ1) is 17.1. The van der Waals surface area contributed by atoms with Gasteiger partial charge in [-0.1, -0.05) is 15.9 Å². The predicted octanol–water partition coefficient (Wildman–Crippen LogP) is 4.14. The molecular formula is C17H16BrFN2O2. The minimum Gasteiger partial charge on any atom is -0.490 e. The van der Waals surface area contributed by atoms with E-state index in [9.17, 15) is 9.18 Å².